The quantitative estimate of drug-likeness (QED) is 0.693. The molecule has 1 unspecified atom stereocenters. The maximum Gasteiger partial charge on any atom is 0.325 e. The minimum atomic E-state index is -3.84. The van der Waals surface area contributed by atoms with Crippen LogP contribution in [0.1, 0.15) is 6.42 Å². The molecule has 0 aliphatic carbocycles. The average molecular weight is 277 g/mol. The summed E-state index contributed by atoms with van der Waals surface area (Å²) in [6.07, 6.45) is 2.63. The van der Waals surface area contributed by atoms with Gasteiger partial charge in [0, 0.05) is 11.9 Å². The number of aliphatic carboxylic acids is 1. The van der Waals surface area contributed by atoms with E-state index in [0.717, 1.165) is 6.20 Å². The maximum absolute atomic E-state index is 11.9. The van der Waals surface area contributed by atoms with E-state index in [1.807, 2.05) is 0 Å². The molecule has 94 valence electrons. The molecule has 0 aromatic carbocycles. The highest BCUT2D eigenvalue weighted by molar-refractivity contribution is 7.99. The molecular weight excluding hydrogens is 266 g/mol. The van der Waals surface area contributed by atoms with E-state index in [9.17, 15) is 13.2 Å². The van der Waals surface area contributed by atoms with Crippen molar-refractivity contribution in [3.05, 3.63) is 12.4 Å². The second kappa shape index (κ2) is 4.31. The highest BCUT2D eigenvalue weighted by Gasteiger charge is 2.45. The normalized spacial score (nSPS) is 24.9. The minimum absolute atomic E-state index is 0.0602. The van der Waals surface area contributed by atoms with E-state index in [4.69, 9.17) is 5.11 Å². The molecule has 1 aliphatic heterocycles. The fourth-order valence-electron chi connectivity index (χ4n) is 1.56. The Kier molecular flexibility index (Phi) is 3.15. The highest BCUT2D eigenvalue weighted by Crippen LogP contribution is 2.29. The van der Waals surface area contributed by atoms with Crippen molar-refractivity contribution in [1.29, 1.82) is 0 Å². The lowest BCUT2D eigenvalue weighted by molar-refractivity contribution is -0.142. The Hall–Kier alpha value is -1.06. The summed E-state index contributed by atoms with van der Waals surface area (Å²) in [6.45, 7) is 0. The van der Waals surface area contributed by atoms with Crippen molar-refractivity contribution >= 4 is 27.8 Å². The fourth-order valence-corrected chi connectivity index (χ4v) is 4.27. The van der Waals surface area contributed by atoms with Crippen molar-refractivity contribution in [1.82, 2.24) is 14.9 Å². The van der Waals surface area contributed by atoms with Crippen LogP contribution in [0.3, 0.4) is 0 Å². The predicted molar refractivity (Wildman–Crippen MR) is 61.2 cm³/mol. The molecular formula is C8H11N3O4S2. The van der Waals surface area contributed by atoms with E-state index in [-0.39, 0.29) is 17.1 Å². The first-order valence-corrected chi connectivity index (χ1v) is 7.44. The summed E-state index contributed by atoms with van der Waals surface area (Å²) in [4.78, 5) is 11.1. The van der Waals surface area contributed by atoms with Crippen LogP contribution < -0.4 is 4.72 Å². The Labute approximate surface area is 102 Å². The second-order valence-corrected chi connectivity index (χ2v) is 6.52. The van der Waals surface area contributed by atoms with Crippen molar-refractivity contribution in [2.75, 3.05) is 11.5 Å². The largest absolute Gasteiger partial charge is 0.480 e. The number of hydrogen-bond acceptors (Lipinski definition) is 5. The van der Waals surface area contributed by atoms with Gasteiger partial charge in [0.15, 0.2) is 0 Å². The van der Waals surface area contributed by atoms with Crippen LogP contribution in [0.2, 0.25) is 0 Å². The van der Waals surface area contributed by atoms with Gasteiger partial charge >= 0.3 is 5.97 Å². The van der Waals surface area contributed by atoms with Gasteiger partial charge in [0.1, 0.15) is 10.4 Å². The summed E-state index contributed by atoms with van der Waals surface area (Å²) in [5, 5.41) is 15.1. The summed E-state index contributed by atoms with van der Waals surface area (Å²) in [7, 11) is -3.84. The van der Waals surface area contributed by atoms with Gasteiger partial charge in [-0.3, -0.25) is 9.89 Å². The third kappa shape index (κ3) is 2.31. The van der Waals surface area contributed by atoms with Crippen LogP contribution in [0, 0.1) is 0 Å². The summed E-state index contributed by atoms with van der Waals surface area (Å²) < 4.78 is 26.1. The van der Waals surface area contributed by atoms with Gasteiger partial charge in [-0.25, -0.2) is 8.42 Å². The Balaban J connectivity index is 2.28. The number of H-pyrrole nitrogens is 1. The Morgan fingerprint density at radius 3 is 2.88 bits per heavy atom. The number of thioether (sulfide) groups is 1. The molecule has 0 radical (unpaired) electrons. The zero-order chi connectivity index (χ0) is 12.5. The first-order valence-electron chi connectivity index (χ1n) is 4.80. The number of carbonyl (C=O) groups is 1. The minimum Gasteiger partial charge on any atom is -0.480 e. The van der Waals surface area contributed by atoms with Crippen molar-refractivity contribution in [2.24, 2.45) is 0 Å². The first kappa shape index (κ1) is 12.4. The molecule has 1 fully saturated rings. The van der Waals surface area contributed by atoms with E-state index < -0.39 is 21.5 Å². The van der Waals surface area contributed by atoms with Gasteiger partial charge in [-0.1, -0.05) is 0 Å². The Morgan fingerprint density at radius 1 is 1.65 bits per heavy atom. The molecule has 1 atom stereocenters. The number of carboxylic acid groups (broad SMARTS) is 1. The molecule has 1 aromatic rings. The molecule has 1 aliphatic rings. The van der Waals surface area contributed by atoms with Crippen LogP contribution in [0.15, 0.2) is 17.3 Å². The molecule has 0 spiro atoms. The van der Waals surface area contributed by atoms with Gasteiger partial charge in [0.25, 0.3) is 0 Å². The summed E-state index contributed by atoms with van der Waals surface area (Å²) >= 11 is 1.42. The summed E-state index contributed by atoms with van der Waals surface area (Å²) in [6, 6.07) is 0. The lowest BCUT2D eigenvalue weighted by atomic mass is 10.0. The van der Waals surface area contributed by atoms with E-state index in [1.54, 1.807) is 0 Å². The number of nitrogens with one attached hydrogen (secondary N) is 2. The van der Waals surface area contributed by atoms with Gasteiger partial charge in [0.05, 0.1) is 6.20 Å². The SMILES string of the molecule is O=C(O)C1(NS(=O)(=O)c2cn[nH]c2)CCSC1. The lowest BCUT2D eigenvalue weighted by Gasteiger charge is -2.23. The molecule has 1 saturated heterocycles. The molecule has 7 nitrogen and oxygen atoms in total. The number of rotatable bonds is 4. The molecule has 1 aromatic heterocycles. The second-order valence-electron chi connectivity index (χ2n) is 3.73. The number of aromatic amines is 1. The van der Waals surface area contributed by atoms with Crippen LogP contribution in [-0.2, 0) is 14.8 Å². The first-order chi connectivity index (χ1) is 7.96. The molecule has 2 rings (SSSR count). The molecule has 17 heavy (non-hydrogen) atoms. The number of aromatic nitrogens is 2. The molecule has 0 bridgehead atoms. The molecule has 2 heterocycles. The van der Waals surface area contributed by atoms with Gasteiger partial charge in [-0.15, -0.1) is 0 Å². The zero-order valence-electron chi connectivity index (χ0n) is 8.71. The Bertz CT molecular complexity index is 505. The van der Waals surface area contributed by atoms with Crippen LogP contribution in [0.4, 0.5) is 0 Å². The number of carboxylic acids is 1. The number of sulfonamides is 1. The smallest absolute Gasteiger partial charge is 0.325 e. The van der Waals surface area contributed by atoms with E-state index in [1.165, 1.54) is 18.0 Å². The zero-order valence-corrected chi connectivity index (χ0v) is 10.3. The summed E-state index contributed by atoms with van der Waals surface area (Å²) in [5.74, 6) is -0.283. The highest BCUT2D eigenvalue weighted by atomic mass is 32.2. The van der Waals surface area contributed by atoms with Gasteiger partial charge in [0.2, 0.25) is 10.0 Å². The monoisotopic (exact) mass is 277 g/mol. The topological polar surface area (TPSA) is 112 Å². The predicted octanol–water partition coefficient (Wildman–Crippen LogP) is -0.352. The average Bonchev–Trinajstić information content (AvgIpc) is 2.86. The van der Waals surface area contributed by atoms with Gasteiger partial charge in [-0.2, -0.15) is 21.6 Å². The molecule has 0 saturated carbocycles. The van der Waals surface area contributed by atoms with Crippen LogP contribution in [0.5, 0.6) is 0 Å². The Morgan fingerprint density at radius 2 is 2.41 bits per heavy atom. The van der Waals surface area contributed by atoms with Crippen molar-refractivity contribution in [3.63, 3.8) is 0 Å². The van der Waals surface area contributed by atoms with E-state index in [0.29, 0.717) is 5.75 Å². The van der Waals surface area contributed by atoms with E-state index in [2.05, 4.69) is 14.9 Å². The van der Waals surface area contributed by atoms with Crippen LogP contribution >= 0.6 is 11.8 Å². The summed E-state index contributed by atoms with van der Waals surface area (Å²) in [5.41, 5.74) is -1.40. The van der Waals surface area contributed by atoms with Crippen LogP contribution in [0.25, 0.3) is 0 Å². The molecule has 3 N–H and O–H groups in total. The van der Waals surface area contributed by atoms with Crippen LogP contribution in [-0.4, -0.2) is 46.7 Å². The third-order valence-corrected chi connectivity index (χ3v) is 5.24. The standard InChI is InChI=1S/C8H11N3O4S2/c12-7(13)8(1-2-16-5-8)11-17(14,15)6-3-9-10-4-6/h3-4,11H,1-2,5H2,(H,9,10)(H,12,13). The van der Waals surface area contributed by atoms with Gasteiger partial charge < -0.3 is 5.11 Å². The molecule has 0 amide bonds. The van der Waals surface area contributed by atoms with Crippen molar-refractivity contribution in [2.45, 2.75) is 16.9 Å². The number of nitrogens with zero attached hydrogens (tertiary/aromatic N) is 1. The fraction of sp³-hybridized carbons (Fsp3) is 0.500. The van der Waals surface area contributed by atoms with Gasteiger partial charge in [-0.05, 0) is 12.2 Å². The van der Waals surface area contributed by atoms with E-state index >= 15 is 0 Å². The molecule has 9 heteroatoms. The van der Waals surface area contributed by atoms with Crippen molar-refractivity contribution < 1.29 is 18.3 Å². The van der Waals surface area contributed by atoms with Crippen molar-refractivity contribution in [3.8, 4) is 0 Å². The third-order valence-electron chi connectivity index (χ3n) is 2.54. The lowest BCUT2D eigenvalue weighted by Crippen LogP contribution is -2.54. The number of hydrogen-bond donors (Lipinski definition) is 3. The maximum atomic E-state index is 11.9.